The molecule has 2 aromatic rings. The number of Topliss-reactive ketones (excluding diaryl/α,β-unsaturated/α-hetero) is 1. The van der Waals surface area contributed by atoms with E-state index in [1.165, 1.54) is 24.8 Å². The van der Waals surface area contributed by atoms with Crippen LogP contribution in [0, 0.1) is 5.92 Å². The van der Waals surface area contributed by atoms with Crippen LogP contribution in [0.5, 0.6) is 0 Å². The molecule has 1 aromatic carbocycles. The topological polar surface area (TPSA) is 38.1 Å². The minimum absolute atomic E-state index is 0.164. The van der Waals surface area contributed by atoms with Crippen LogP contribution in [0.25, 0.3) is 0 Å². The van der Waals surface area contributed by atoms with Gasteiger partial charge in [0.15, 0.2) is 5.78 Å². The molecule has 2 fully saturated rings. The van der Waals surface area contributed by atoms with Crippen LogP contribution in [0.15, 0.2) is 42.7 Å². The van der Waals surface area contributed by atoms with Crippen molar-refractivity contribution in [1.29, 1.82) is 0 Å². The van der Waals surface area contributed by atoms with Gasteiger partial charge in [-0.1, -0.05) is 43.7 Å². The molecule has 0 spiro atoms. The SMILES string of the molecule is CCCn1cc(C(=O)C2CC3CCCC(C2)N3Cc2ccccc2)cn1. The molecule has 4 heteroatoms. The third-order valence-corrected chi connectivity index (χ3v) is 6.08. The number of fused-ring (bicyclic) bond motifs is 2. The summed E-state index contributed by atoms with van der Waals surface area (Å²) in [7, 11) is 0. The van der Waals surface area contributed by atoms with Gasteiger partial charge < -0.3 is 0 Å². The van der Waals surface area contributed by atoms with Gasteiger partial charge in [0.2, 0.25) is 0 Å². The van der Waals surface area contributed by atoms with Gasteiger partial charge >= 0.3 is 0 Å². The van der Waals surface area contributed by atoms with Gasteiger partial charge in [0.1, 0.15) is 0 Å². The van der Waals surface area contributed by atoms with Crippen molar-refractivity contribution < 1.29 is 4.79 Å². The number of carbonyl (C=O) groups excluding carboxylic acids is 1. The molecule has 2 atom stereocenters. The molecule has 0 N–H and O–H groups in total. The number of aryl methyl sites for hydroxylation is 1. The van der Waals surface area contributed by atoms with Gasteiger partial charge in [-0.05, 0) is 37.7 Å². The number of benzene rings is 1. The van der Waals surface area contributed by atoms with Crippen LogP contribution in [-0.2, 0) is 13.1 Å². The zero-order valence-electron chi connectivity index (χ0n) is 15.7. The van der Waals surface area contributed by atoms with Crippen molar-refractivity contribution in [2.24, 2.45) is 5.92 Å². The van der Waals surface area contributed by atoms with Crippen molar-refractivity contribution in [3.63, 3.8) is 0 Å². The summed E-state index contributed by atoms with van der Waals surface area (Å²) < 4.78 is 1.90. The molecule has 0 aliphatic carbocycles. The summed E-state index contributed by atoms with van der Waals surface area (Å²) in [6, 6.07) is 11.8. The number of hydrogen-bond acceptors (Lipinski definition) is 3. The number of piperidine rings is 2. The van der Waals surface area contributed by atoms with E-state index in [0.29, 0.717) is 17.9 Å². The number of hydrogen-bond donors (Lipinski definition) is 0. The lowest BCUT2D eigenvalue weighted by molar-refractivity contribution is 0.00906. The second-order valence-corrected chi connectivity index (χ2v) is 7.92. The van der Waals surface area contributed by atoms with Crippen LogP contribution in [0.3, 0.4) is 0 Å². The van der Waals surface area contributed by atoms with Crippen molar-refractivity contribution in [2.45, 2.75) is 70.6 Å². The zero-order valence-corrected chi connectivity index (χ0v) is 15.7. The Kier molecular flexibility index (Phi) is 5.21. The van der Waals surface area contributed by atoms with Gasteiger partial charge in [-0.3, -0.25) is 14.4 Å². The summed E-state index contributed by atoms with van der Waals surface area (Å²) in [5.41, 5.74) is 2.19. The summed E-state index contributed by atoms with van der Waals surface area (Å²) in [6.45, 7) is 4.03. The second-order valence-electron chi connectivity index (χ2n) is 7.92. The Bertz CT molecular complexity index is 725. The van der Waals surface area contributed by atoms with Gasteiger partial charge in [0.05, 0.1) is 11.8 Å². The van der Waals surface area contributed by atoms with Gasteiger partial charge in [0, 0.05) is 37.3 Å². The van der Waals surface area contributed by atoms with Crippen LogP contribution in [0.1, 0.15) is 61.4 Å². The van der Waals surface area contributed by atoms with Gasteiger partial charge in [0.25, 0.3) is 0 Å². The molecule has 3 heterocycles. The van der Waals surface area contributed by atoms with Crippen LogP contribution in [-0.4, -0.2) is 32.5 Å². The van der Waals surface area contributed by atoms with Crippen LogP contribution in [0.4, 0.5) is 0 Å². The van der Waals surface area contributed by atoms with E-state index in [4.69, 9.17) is 0 Å². The monoisotopic (exact) mass is 351 g/mol. The highest BCUT2D eigenvalue weighted by atomic mass is 16.1. The molecule has 0 amide bonds. The standard InChI is InChI=1S/C22H29N3O/c1-2-11-24-16-19(14-23-24)22(26)18-12-20-9-6-10-21(13-18)25(20)15-17-7-4-3-5-8-17/h3-5,7-8,14,16,18,20-21H,2,6,9-13,15H2,1H3. The summed E-state index contributed by atoms with van der Waals surface area (Å²) >= 11 is 0. The minimum atomic E-state index is 0.164. The molecule has 2 saturated heterocycles. The van der Waals surface area contributed by atoms with Crippen molar-refractivity contribution >= 4 is 5.78 Å². The average molecular weight is 351 g/mol. The molecule has 0 saturated carbocycles. The molecule has 2 bridgehead atoms. The predicted octanol–water partition coefficient (Wildman–Crippen LogP) is 4.31. The first-order valence-electron chi connectivity index (χ1n) is 10.1. The van der Waals surface area contributed by atoms with Crippen LogP contribution < -0.4 is 0 Å². The molecule has 2 aliphatic rings. The molecule has 138 valence electrons. The molecule has 4 nitrogen and oxygen atoms in total. The van der Waals surface area contributed by atoms with E-state index in [1.807, 2.05) is 10.9 Å². The maximum Gasteiger partial charge on any atom is 0.169 e. The first-order chi connectivity index (χ1) is 12.7. The lowest BCUT2D eigenvalue weighted by Crippen LogP contribution is -2.52. The summed E-state index contributed by atoms with van der Waals surface area (Å²) in [5.74, 6) is 0.472. The molecule has 1 aromatic heterocycles. The third kappa shape index (κ3) is 3.61. The minimum Gasteiger partial charge on any atom is -0.294 e. The Morgan fingerprint density at radius 2 is 1.88 bits per heavy atom. The first kappa shape index (κ1) is 17.5. The molecule has 0 radical (unpaired) electrons. The second kappa shape index (κ2) is 7.75. The van der Waals surface area contributed by atoms with Crippen molar-refractivity contribution in [1.82, 2.24) is 14.7 Å². The zero-order chi connectivity index (χ0) is 17.9. The maximum atomic E-state index is 13.0. The summed E-state index contributed by atoms with van der Waals surface area (Å²) in [4.78, 5) is 15.7. The van der Waals surface area contributed by atoms with E-state index < -0.39 is 0 Å². The van der Waals surface area contributed by atoms with Gasteiger partial charge in [-0.25, -0.2) is 0 Å². The lowest BCUT2D eigenvalue weighted by Gasteiger charge is -2.48. The highest BCUT2D eigenvalue weighted by molar-refractivity contribution is 5.97. The molecule has 2 aliphatic heterocycles. The number of aromatic nitrogens is 2. The van der Waals surface area contributed by atoms with E-state index in [-0.39, 0.29) is 5.92 Å². The predicted molar refractivity (Wildman–Crippen MR) is 103 cm³/mol. The van der Waals surface area contributed by atoms with Crippen molar-refractivity contribution in [3.05, 3.63) is 53.9 Å². The largest absolute Gasteiger partial charge is 0.294 e. The first-order valence-corrected chi connectivity index (χ1v) is 10.1. The van der Waals surface area contributed by atoms with Crippen molar-refractivity contribution in [3.8, 4) is 0 Å². The Labute approximate surface area is 156 Å². The number of carbonyl (C=O) groups is 1. The Morgan fingerprint density at radius 3 is 2.58 bits per heavy atom. The molecule has 26 heavy (non-hydrogen) atoms. The van der Waals surface area contributed by atoms with E-state index in [1.54, 1.807) is 6.20 Å². The summed E-state index contributed by atoms with van der Waals surface area (Å²) in [5, 5.41) is 4.35. The number of rotatable bonds is 6. The van der Waals surface area contributed by atoms with Gasteiger partial charge in [-0.15, -0.1) is 0 Å². The van der Waals surface area contributed by atoms with E-state index >= 15 is 0 Å². The Morgan fingerprint density at radius 1 is 1.15 bits per heavy atom. The number of ketones is 1. The van der Waals surface area contributed by atoms with Gasteiger partial charge in [-0.2, -0.15) is 5.10 Å². The fraction of sp³-hybridized carbons (Fsp3) is 0.545. The smallest absolute Gasteiger partial charge is 0.169 e. The fourth-order valence-corrected chi connectivity index (χ4v) is 4.82. The Hall–Kier alpha value is -1.94. The Balaban J connectivity index is 1.46. The van der Waals surface area contributed by atoms with E-state index in [2.05, 4.69) is 47.3 Å². The molecular formula is C22H29N3O. The van der Waals surface area contributed by atoms with E-state index in [0.717, 1.165) is 37.9 Å². The maximum absolute atomic E-state index is 13.0. The highest BCUT2D eigenvalue weighted by Crippen LogP contribution is 2.39. The quantitative estimate of drug-likeness (QED) is 0.728. The molecule has 4 rings (SSSR count). The average Bonchev–Trinajstić information content (AvgIpc) is 3.11. The molecule has 2 unspecified atom stereocenters. The normalized spacial score (nSPS) is 26.0. The third-order valence-electron chi connectivity index (χ3n) is 6.08. The van der Waals surface area contributed by atoms with Crippen LogP contribution >= 0.6 is 0 Å². The fourth-order valence-electron chi connectivity index (χ4n) is 4.82. The number of nitrogens with zero attached hydrogens (tertiary/aromatic N) is 3. The highest BCUT2D eigenvalue weighted by Gasteiger charge is 2.40. The molecular weight excluding hydrogens is 322 g/mol. The van der Waals surface area contributed by atoms with Crippen molar-refractivity contribution in [2.75, 3.05) is 0 Å². The van der Waals surface area contributed by atoms with Crippen LogP contribution in [0.2, 0.25) is 0 Å². The van der Waals surface area contributed by atoms with E-state index in [9.17, 15) is 4.79 Å². The lowest BCUT2D eigenvalue weighted by atomic mass is 9.75. The summed E-state index contributed by atoms with van der Waals surface area (Å²) in [6.07, 6.45) is 10.5.